The van der Waals surface area contributed by atoms with Gasteiger partial charge in [0.05, 0.1) is 11.3 Å². The minimum absolute atomic E-state index is 0.428. The van der Waals surface area contributed by atoms with Crippen molar-refractivity contribution in [2.75, 3.05) is 0 Å². The minimum atomic E-state index is -0.428. The third kappa shape index (κ3) is 3.98. The van der Waals surface area contributed by atoms with E-state index >= 15 is 0 Å². The number of para-hydroxylation sites is 1. The van der Waals surface area contributed by atoms with Gasteiger partial charge in [-0.2, -0.15) is 0 Å². The van der Waals surface area contributed by atoms with Gasteiger partial charge in [0.25, 0.3) is 0 Å². The van der Waals surface area contributed by atoms with Crippen molar-refractivity contribution in [3.63, 3.8) is 0 Å². The highest BCUT2D eigenvalue weighted by Gasteiger charge is 2.15. The van der Waals surface area contributed by atoms with Gasteiger partial charge in [-0.3, -0.25) is 0 Å². The smallest absolute Gasteiger partial charge is 0.346 e. The lowest BCUT2D eigenvalue weighted by Crippen LogP contribution is -2.10. The van der Waals surface area contributed by atoms with E-state index in [0.29, 0.717) is 22.1 Å². The highest BCUT2D eigenvalue weighted by molar-refractivity contribution is 7.98. The molecule has 0 N–H and O–H groups in total. The van der Waals surface area contributed by atoms with Crippen molar-refractivity contribution in [2.24, 2.45) is 0 Å². The molecule has 3 aromatic rings. The second kappa shape index (κ2) is 7.11. The molecule has 6 heteroatoms. The van der Waals surface area contributed by atoms with Crippen LogP contribution < -0.4 is 4.74 Å². The van der Waals surface area contributed by atoms with Crippen molar-refractivity contribution in [1.82, 2.24) is 10.1 Å². The van der Waals surface area contributed by atoms with Gasteiger partial charge in [0.2, 0.25) is 0 Å². The SMILES string of the molecule is Cc1cc(CSc2ncccc2C(=O)Oc2ccccc2)no1. The van der Waals surface area contributed by atoms with Crippen LogP contribution in [0, 0.1) is 6.92 Å². The molecule has 23 heavy (non-hydrogen) atoms. The summed E-state index contributed by atoms with van der Waals surface area (Å²) in [5.41, 5.74) is 1.24. The fourth-order valence-corrected chi connectivity index (χ4v) is 2.80. The zero-order valence-corrected chi connectivity index (χ0v) is 13.2. The Labute approximate surface area is 137 Å². The van der Waals surface area contributed by atoms with Gasteiger partial charge in [-0.25, -0.2) is 9.78 Å². The van der Waals surface area contributed by atoms with E-state index in [4.69, 9.17) is 9.26 Å². The maximum Gasteiger partial charge on any atom is 0.346 e. The van der Waals surface area contributed by atoms with Crippen LogP contribution in [0.3, 0.4) is 0 Å². The lowest BCUT2D eigenvalue weighted by molar-refractivity contribution is 0.0730. The number of nitrogens with zero attached hydrogens (tertiary/aromatic N) is 2. The van der Waals surface area contributed by atoms with Crippen LogP contribution in [-0.2, 0) is 5.75 Å². The molecule has 0 fully saturated rings. The van der Waals surface area contributed by atoms with Crippen LogP contribution in [0.25, 0.3) is 0 Å². The molecule has 116 valence electrons. The van der Waals surface area contributed by atoms with Gasteiger partial charge in [-0.15, -0.1) is 0 Å². The van der Waals surface area contributed by atoms with Crippen molar-refractivity contribution >= 4 is 17.7 Å². The van der Waals surface area contributed by atoms with Crippen LogP contribution in [0.2, 0.25) is 0 Å². The first-order valence-corrected chi connectivity index (χ1v) is 7.98. The Morgan fingerprint density at radius 1 is 1.22 bits per heavy atom. The number of hydrogen-bond donors (Lipinski definition) is 0. The average Bonchev–Trinajstić information content (AvgIpc) is 2.99. The van der Waals surface area contributed by atoms with E-state index in [1.807, 2.05) is 31.2 Å². The molecule has 0 radical (unpaired) electrons. The molecule has 0 aliphatic heterocycles. The molecule has 0 amide bonds. The van der Waals surface area contributed by atoms with E-state index in [1.54, 1.807) is 30.5 Å². The number of aromatic nitrogens is 2. The van der Waals surface area contributed by atoms with Gasteiger partial charge in [-0.05, 0) is 31.2 Å². The number of benzene rings is 1. The maximum absolute atomic E-state index is 12.3. The van der Waals surface area contributed by atoms with Crippen LogP contribution in [0.5, 0.6) is 5.75 Å². The second-order valence-electron chi connectivity index (χ2n) is 4.78. The fraction of sp³-hybridized carbons (Fsp3) is 0.118. The molecule has 0 atom stereocenters. The molecule has 0 saturated carbocycles. The van der Waals surface area contributed by atoms with Crippen molar-refractivity contribution in [1.29, 1.82) is 0 Å². The lowest BCUT2D eigenvalue weighted by atomic mass is 10.3. The molecule has 2 heterocycles. The Balaban J connectivity index is 1.73. The number of carbonyl (C=O) groups is 1. The largest absolute Gasteiger partial charge is 0.423 e. The molecule has 0 spiro atoms. The first kappa shape index (κ1) is 15.3. The summed E-state index contributed by atoms with van der Waals surface area (Å²) < 4.78 is 10.4. The third-order valence-electron chi connectivity index (χ3n) is 2.98. The summed E-state index contributed by atoms with van der Waals surface area (Å²) in [7, 11) is 0. The minimum Gasteiger partial charge on any atom is -0.423 e. The summed E-state index contributed by atoms with van der Waals surface area (Å²) in [6, 6.07) is 14.2. The van der Waals surface area contributed by atoms with Crippen molar-refractivity contribution in [3.8, 4) is 5.75 Å². The molecule has 5 nitrogen and oxygen atoms in total. The number of rotatable bonds is 5. The number of ether oxygens (including phenoxy) is 1. The topological polar surface area (TPSA) is 65.2 Å². The van der Waals surface area contributed by atoms with Gasteiger partial charge >= 0.3 is 5.97 Å². The monoisotopic (exact) mass is 326 g/mol. The van der Waals surface area contributed by atoms with Crippen LogP contribution >= 0.6 is 11.8 Å². The van der Waals surface area contributed by atoms with Crippen molar-refractivity contribution < 1.29 is 14.1 Å². The molecule has 0 aliphatic rings. The number of hydrogen-bond acceptors (Lipinski definition) is 6. The Morgan fingerprint density at radius 3 is 2.78 bits per heavy atom. The zero-order valence-electron chi connectivity index (χ0n) is 12.4. The van der Waals surface area contributed by atoms with Crippen LogP contribution in [0.1, 0.15) is 21.8 Å². The molecule has 3 rings (SSSR count). The van der Waals surface area contributed by atoms with E-state index in [9.17, 15) is 4.79 Å². The quantitative estimate of drug-likeness (QED) is 0.402. The van der Waals surface area contributed by atoms with E-state index in [0.717, 1.165) is 11.5 Å². The van der Waals surface area contributed by atoms with Crippen LogP contribution in [0.15, 0.2) is 64.3 Å². The Bertz CT molecular complexity index is 802. The maximum atomic E-state index is 12.3. The highest BCUT2D eigenvalue weighted by atomic mass is 32.2. The number of esters is 1. The van der Waals surface area contributed by atoms with Gasteiger partial charge in [-0.1, -0.05) is 35.1 Å². The summed E-state index contributed by atoms with van der Waals surface area (Å²) >= 11 is 1.42. The summed E-state index contributed by atoms with van der Waals surface area (Å²) in [5.74, 6) is 1.40. The summed E-state index contributed by atoms with van der Waals surface area (Å²) in [6.45, 7) is 1.84. The Hall–Kier alpha value is -2.60. The van der Waals surface area contributed by atoms with Gasteiger partial charge in [0, 0.05) is 18.0 Å². The average molecular weight is 326 g/mol. The first-order chi connectivity index (χ1) is 11.2. The fourth-order valence-electron chi connectivity index (χ4n) is 1.94. The molecule has 0 saturated heterocycles. The van der Waals surface area contributed by atoms with E-state index in [-0.39, 0.29) is 0 Å². The predicted octanol–water partition coefficient (Wildman–Crippen LogP) is 3.89. The summed E-state index contributed by atoms with van der Waals surface area (Å²) in [5, 5.41) is 4.54. The highest BCUT2D eigenvalue weighted by Crippen LogP contribution is 2.25. The molecule has 2 aromatic heterocycles. The van der Waals surface area contributed by atoms with Gasteiger partial charge in [0.15, 0.2) is 0 Å². The summed E-state index contributed by atoms with van der Waals surface area (Å²) in [6.07, 6.45) is 1.65. The lowest BCUT2D eigenvalue weighted by Gasteiger charge is -2.07. The third-order valence-corrected chi connectivity index (χ3v) is 4.02. The molecule has 0 aliphatic carbocycles. The normalized spacial score (nSPS) is 10.5. The molecular weight excluding hydrogens is 312 g/mol. The number of pyridine rings is 1. The molecule has 0 unspecified atom stereocenters. The van der Waals surface area contributed by atoms with Crippen molar-refractivity contribution in [3.05, 3.63) is 71.7 Å². The first-order valence-electron chi connectivity index (χ1n) is 6.99. The van der Waals surface area contributed by atoms with E-state index < -0.39 is 5.97 Å². The standard InChI is InChI=1S/C17H14N2O3S/c1-12-10-13(19-22-12)11-23-16-15(8-5-9-18-16)17(20)21-14-6-3-2-4-7-14/h2-10H,11H2,1H3. The molecular formula is C17H14N2O3S. The van der Waals surface area contributed by atoms with Crippen molar-refractivity contribution in [2.45, 2.75) is 17.7 Å². The second-order valence-corrected chi connectivity index (χ2v) is 5.74. The van der Waals surface area contributed by atoms with E-state index in [2.05, 4.69) is 10.1 Å². The Morgan fingerprint density at radius 2 is 2.04 bits per heavy atom. The predicted molar refractivity (Wildman–Crippen MR) is 86.4 cm³/mol. The van der Waals surface area contributed by atoms with Gasteiger partial charge in [0.1, 0.15) is 16.5 Å². The summed E-state index contributed by atoms with van der Waals surface area (Å²) in [4.78, 5) is 16.6. The van der Waals surface area contributed by atoms with Crippen LogP contribution in [-0.4, -0.2) is 16.1 Å². The van der Waals surface area contributed by atoms with Gasteiger partial charge < -0.3 is 9.26 Å². The molecule has 0 bridgehead atoms. The number of thioether (sulfide) groups is 1. The van der Waals surface area contributed by atoms with E-state index in [1.165, 1.54) is 11.8 Å². The number of carbonyl (C=O) groups excluding carboxylic acids is 1. The van der Waals surface area contributed by atoms with Crippen LogP contribution in [0.4, 0.5) is 0 Å². The number of aryl methyl sites for hydroxylation is 1. The Kier molecular flexibility index (Phi) is 4.73. The zero-order chi connectivity index (χ0) is 16.1. The molecule has 1 aromatic carbocycles.